The summed E-state index contributed by atoms with van der Waals surface area (Å²) < 4.78 is 33.0. The average Bonchev–Trinajstić information content (AvgIpc) is 3.82. The molecule has 5 rings (SSSR count). The summed E-state index contributed by atoms with van der Waals surface area (Å²) in [5.41, 5.74) is 4.07. The Labute approximate surface area is 243 Å². The monoisotopic (exact) mass is 562 g/mol. The summed E-state index contributed by atoms with van der Waals surface area (Å²) in [6, 6.07) is 18.6. The second kappa shape index (κ2) is 13.5. The number of carboxylic acid groups (broad SMARTS) is 1. The van der Waals surface area contributed by atoms with Gasteiger partial charge in [-0.2, -0.15) is 0 Å². The molecule has 1 aliphatic heterocycles. The van der Waals surface area contributed by atoms with E-state index in [0.717, 1.165) is 47.9 Å². The Bertz CT molecular complexity index is 1330. The van der Waals surface area contributed by atoms with Crippen LogP contribution in [-0.2, 0) is 16.1 Å². The van der Waals surface area contributed by atoms with E-state index in [4.69, 9.17) is 14.2 Å². The van der Waals surface area contributed by atoms with Gasteiger partial charge in [0.1, 0.15) is 23.9 Å². The van der Waals surface area contributed by atoms with Crippen molar-refractivity contribution in [3.05, 3.63) is 83.2 Å². The van der Waals surface area contributed by atoms with Crippen LogP contribution in [0.4, 0.5) is 4.39 Å². The van der Waals surface area contributed by atoms with E-state index >= 15 is 4.39 Å². The second-order valence-electron chi connectivity index (χ2n) is 11.5. The third-order valence-electron chi connectivity index (χ3n) is 8.10. The fourth-order valence-electron chi connectivity index (χ4n) is 5.84. The average molecular weight is 563 g/mol. The molecular formula is C35H43FO5. The molecule has 2 unspecified atom stereocenters. The van der Waals surface area contributed by atoms with Gasteiger partial charge >= 0.3 is 5.97 Å². The molecule has 0 spiro atoms. The molecule has 1 aliphatic carbocycles. The Hall–Kier alpha value is -3.38. The minimum atomic E-state index is -0.772. The van der Waals surface area contributed by atoms with Crippen molar-refractivity contribution >= 4 is 5.97 Å². The summed E-state index contributed by atoms with van der Waals surface area (Å²) in [5, 5.41) is 9.39. The minimum Gasteiger partial charge on any atom is -0.497 e. The molecule has 220 valence electrons. The van der Waals surface area contributed by atoms with Crippen molar-refractivity contribution < 1.29 is 28.5 Å². The minimum absolute atomic E-state index is 0.0142. The molecule has 3 aromatic carbocycles. The number of ether oxygens (including phenoxy) is 3. The van der Waals surface area contributed by atoms with Crippen LogP contribution in [0.2, 0.25) is 0 Å². The standard InChI is InChI=1S/C33H37FO5.C2H6/c1-33(2)14-5-15-38-32(33)29-16-21(8-12-26(29)28-18-24(37-3)11-13-30(28)34)20-39-25-7-4-6-23(17-25)27(19-31(35)36)22-9-10-22;1-2/h4,6-8,11-13,16-18,22,27,32H,5,9-10,14-15,19-20H2,1-3H3,(H,35,36);1-2H3. The van der Waals surface area contributed by atoms with Gasteiger partial charge in [0.05, 0.1) is 19.6 Å². The third-order valence-corrected chi connectivity index (χ3v) is 8.10. The highest BCUT2D eigenvalue weighted by atomic mass is 19.1. The lowest BCUT2D eigenvalue weighted by Gasteiger charge is -2.39. The van der Waals surface area contributed by atoms with Crippen LogP contribution in [-0.4, -0.2) is 24.8 Å². The number of carbonyl (C=O) groups is 1. The topological polar surface area (TPSA) is 65.0 Å². The molecule has 0 bridgehead atoms. The summed E-state index contributed by atoms with van der Waals surface area (Å²) in [5.74, 6) is 0.676. The Kier molecular flexibility index (Phi) is 10.1. The van der Waals surface area contributed by atoms with Crippen LogP contribution in [0.25, 0.3) is 11.1 Å². The molecule has 1 saturated heterocycles. The van der Waals surface area contributed by atoms with E-state index in [0.29, 0.717) is 36.2 Å². The molecule has 1 N–H and O–H groups in total. The molecule has 0 aromatic heterocycles. The smallest absolute Gasteiger partial charge is 0.303 e. The van der Waals surface area contributed by atoms with E-state index in [1.165, 1.54) is 6.07 Å². The highest BCUT2D eigenvalue weighted by Crippen LogP contribution is 2.47. The zero-order chi connectivity index (χ0) is 29.6. The summed E-state index contributed by atoms with van der Waals surface area (Å²) >= 11 is 0. The molecule has 1 saturated carbocycles. The fourth-order valence-corrected chi connectivity index (χ4v) is 5.84. The molecule has 41 heavy (non-hydrogen) atoms. The number of rotatable bonds is 10. The SMILES string of the molecule is CC.COc1ccc(F)c(-c2ccc(COc3cccc(C(CC(=O)O)C4CC4)c3)cc2C2OCCCC2(C)C)c1. The van der Waals surface area contributed by atoms with Gasteiger partial charge in [-0.1, -0.05) is 52.0 Å². The maximum Gasteiger partial charge on any atom is 0.303 e. The summed E-state index contributed by atoms with van der Waals surface area (Å²) in [4.78, 5) is 11.4. The first-order valence-corrected chi connectivity index (χ1v) is 14.8. The predicted molar refractivity (Wildman–Crippen MR) is 160 cm³/mol. The van der Waals surface area contributed by atoms with Crippen LogP contribution < -0.4 is 9.47 Å². The molecule has 0 amide bonds. The van der Waals surface area contributed by atoms with E-state index in [1.54, 1.807) is 19.2 Å². The van der Waals surface area contributed by atoms with Crippen LogP contribution in [0.5, 0.6) is 11.5 Å². The zero-order valence-corrected chi connectivity index (χ0v) is 24.9. The van der Waals surface area contributed by atoms with Gasteiger partial charge in [0.2, 0.25) is 0 Å². The van der Waals surface area contributed by atoms with E-state index in [2.05, 4.69) is 19.9 Å². The molecule has 2 atom stereocenters. The molecule has 0 radical (unpaired) electrons. The van der Waals surface area contributed by atoms with Gasteiger partial charge in [-0.3, -0.25) is 4.79 Å². The number of halogens is 1. The van der Waals surface area contributed by atoms with Gasteiger partial charge in [-0.25, -0.2) is 4.39 Å². The van der Waals surface area contributed by atoms with Crippen molar-refractivity contribution in [2.45, 2.75) is 78.4 Å². The molecular weight excluding hydrogens is 519 g/mol. The lowest BCUT2D eigenvalue weighted by molar-refractivity contribution is -0.137. The van der Waals surface area contributed by atoms with Crippen LogP contribution >= 0.6 is 0 Å². The molecule has 2 fully saturated rings. The summed E-state index contributed by atoms with van der Waals surface area (Å²) in [6.07, 6.45) is 4.11. The molecule has 1 heterocycles. The van der Waals surface area contributed by atoms with Crippen molar-refractivity contribution in [3.8, 4) is 22.6 Å². The number of aliphatic carboxylic acids is 1. The number of benzene rings is 3. The normalized spacial score (nSPS) is 18.5. The lowest BCUT2D eigenvalue weighted by atomic mass is 9.75. The zero-order valence-electron chi connectivity index (χ0n) is 24.9. The molecule has 3 aromatic rings. The number of carboxylic acids is 1. The van der Waals surface area contributed by atoms with Crippen molar-refractivity contribution in [2.75, 3.05) is 13.7 Å². The van der Waals surface area contributed by atoms with E-state index in [1.807, 2.05) is 50.2 Å². The first-order valence-electron chi connectivity index (χ1n) is 14.8. The highest BCUT2D eigenvalue weighted by molar-refractivity contribution is 5.71. The summed E-state index contributed by atoms with van der Waals surface area (Å²) in [6.45, 7) is 9.40. The summed E-state index contributed by atoms with van der Waals surface area (Å²) in [7, 11) is 1.58. The Morgan fingerprint density at radius 2 is 1.83 bits per heavy atom. The number of methoxy groups -OCH3 is 1. The molecule has 5 nitrogen and oxygen atoms in total. The van der Waals surface area contributed by atoms with E-state index < -0.39 is 5.97 Å². The lowest BCUT2D eigenvalue weighted by Crippen LogP contribution is -2.30. The van der Waals surface area contributed by atoms with Gasteiger partial charge in [0.25, 0.3) is 0 Å². The first kappa shape index (κ1) is 30.6. The predicted octanol–water partition coefficient (Wildman–Crippen LogP) is 8.95. The largest absolute Gasteiger partial charge is 0.497 e. The maximum atomic E-state index is 15.1. The van der Waals surface area contributed by atoms with Gasteiger partial charge in [-0.15, -0.1) is 0 Å². The number of hydrogen-bond acceptors (Lipinski definition) is 4. The van der Waals surface area contributed by atoms with Crippen molar-refractivity contribution in [1.29, 1.82) is 0 Å². The third kappa shape index (κ3) is 7.48. The molecule has 2 aliphatic rings. The number of hydrogen-bond donors (Lipinski definition) is 1. The molecule has 6 heteroatoms. The van der Waals surface area contributed by atoms with E-state index in [-0.39, 0.29) is 29.7 Å². The van der Waals surface area contributed by atoms with Crippen LogP contribution in [0.3, 0.4) is 0 Å². The second-order valence-corrected chi connectivity index (χ2v) is 11.5. The first-order chi connectivity index (χ1) is 19.7. The van der Waals surface area contributed by atoms with Crippen LogP contribution in [0.15, 0.2) is 60.7 Å². The van der Waals surface area contributed by atoms with Gasteiger partial charge < -0.3 is 19.3 Å². The van der Waals surface area contributed by atoms with Crippen LogP contribution in [0.1, 0.15) is 88.5 Å². The van der Waals surface area contributed by atoms with Gasteiger partial charge in [0, 0.05) is 12.2 Å². The highest BCUT2D eigenvalue weighted by Gasteiger charge is 2.37. The fraction of sp³-hybridized carbons (Fsp3) is 0.457. The van der Waals surface area contributed by atoms with Crippen molar-refractivity contribution in [1.82, 2.24) is 0 Å². The quantitative estimate of drug-likeness (QED) is 0.267. The van der Waals surface area contributed by atoms with Crippen LogP contribution in [0, 0.1) is 17.2 Å². The Morgan fingerprint density at radius 1 is 1.05 bits per heavy atom. The van der Waals surface area contributed by atoms with Crippen molar-refractivity contribution in [2.24, 2.45) is 11.3 Å². The Morgan fingerprint density at radius 3 is 2.51 bits per heavy atom. The van der Waals surface area contributed by atoms with Crippen molar-refractivity contribution in [3.63, 3.8) is 0 Å². The Balaban J connectivity index is 0.00000189. The van der Waals surface area contributed by atoms with E-state index in [9.17, 15) is 9.90 Å². The maximum absolute atomic E-state index is 15.1. The van der Waals surface area contributed by atoms with Gasteiger partial charge in [-0.05, 0) is 102 Å². The van der Waals surface area contributed by atoms with Gasteiger partial charge in [0.15, 0.2) is 0 Å².